The van der Waals surface area contributed by atoms with Gasteiger partial charge in [0.15, 0.2) is 0 Å². The summed E-state index contributed by atoms with van der Waals surface area (Å²) in [7, 11) is 0. The van der Waals surface area contributed by atoms with Gasteiger partial charge in [-0.1, -0.05) is 0 Å². The number of fused-ring (bicyclic) bond motifs is 2. The second-order valence-electron chi connectivity index (χ2n) is 7.93. The van der Waals surface area contributed by atoms with Crippen molar-refractivity contribution >= 4 is 5.95 Å². The highest BCUT2D eigenvalue weighted by Crippen LogP contribution is 2.37. The molecular weight excluding hydrogens is 387 g/mol. The van der Waals surface area contributed by atoms with E-state index >= 15 is 0 Å². The van der Waals surface area contributed by atoms with Crippen LogP contribution in [0.5, 0.6) is 17.5 Å². The second-order valence-corrected chi connectivity index (χ2v) is 7.93. The Morgan fingerprint density at radius 1 is 1.07 bits per heavy atom. The van der Waals surface area contributed by atoms with Gasteiger partial charge in [0.1, 0.15) is 11.5 Å². The van der Waals surface area contributed by atoms with Crippen LogP contribution in [0.25, 0.3) is 0 Å². The van der Waals surface area contributed by atoms with Crippen molar-refractivity contribution in [1.29, 1.82) is 0 Å². The Labute approximate surface area is 166 Å². The molecular formula is C19H24F3N5O2. The van der Waals surface area contributed by atoms with Crippen LogP contribution in [-0.4, -0.2) is 40.3 Å². The minimum Gasteiger partial charge on any atom is -0.424 e. The molecule has 1 aliphatic heterocycles. The number of nitrogens with zero attached hydrogens (tertiary/aromatic N) is 4. The summed E-state index contributed by atoms with van der Waals surface area (Å²) in [5.41, 5.74) is 6.28. The fraction of sp³-hybridized carbons (Fsp3) is 0.579. The molecule has 1 saturated heterocycles. The van der Waals surface area contributed by atoms with Crippen molar-refractivity contribution in [3.63, 3.8) is 0 Å². The standard InChI is InChI=1S/C19H24F3N5O2/c1-11(2)27-18(28-14-5-7-15(8-6-14)29-19(20,21)22)24-17(25-27)26-9-12-3-4-13(10-26)16(12)23/h5-8,11-13,16H,3-4,9-10,23H2,1-2H3. The van der Waals surface area contributed by atoms with E-state index in [1.807, 2.05) is 13.8 Å². The third-order valence-corrected chi connectivity index (χ3v) is 5.53. The van der Waals surface area contributed by atoms with Gasteiger partial charge in [-0.3, -0.25) is 0 Å². The highest BCUT2D eigenvalue weighted by Gasteiger charge is 2.41. The first-order chi connectivity index (χ1) is 13.7. The maximum atomic E-state index is 12.3. The third kappa shape index (κ3) is 4.26. The fourth-order valence-electron chi connectivity index (χ4n) is 4.08. The Morgan fingerprint density at radius 2 is 1.66 bits per heavy atom. The van der Waals surface area contributed by atoms with Crippen molar-refractivity contribution in [3.8, 4) is 17.5 Å². The minimum atomic E-state index is -4.73. The third-order valence-electron chi connectivity index (χ3n) is 5.53. The molecule has 2 N–H and O–H groups in total. The van der Waals surface area contributed by atoms with Crippen molar-refractivity contribution in [3.05, 3.63) is 24.3 Å². The van der Waals surface area contributed by atoms with E-state index < -0.39 is 6.36 Å². The highest BCUT2D eigenvalue weighted by molar-refractivity contribution is 5.36. The molecule has 1 aromatic carbocycles. The van der Waals surface area contributed by atoms with Crippen molar-refractivity contribution in [2.45, 2.75) is 45.1 Å². The first-order valence-corrected chi connectivity index (χ1v) is 9.70. The lowest BCUT2D eigenvalue weighted by Gasteiger charge is -2.35. The number of benzene rings is 1. The van der Waals surface area contributed by atoms with Gasteiger partial charge in [0.25, 0.3) is 0 Å². The smallest absolute Gasteiger partial charge is 0.424 e. The maximum absolute atomic E-state index is 12.3. The normalized spacial score (nSPS) is 24.2. The molecule has 4 rings (SSSR count). The lowest BCUT2D eigenvalue weighted by atomic mass is 9.93. The molecule has 2 unspecified atom stereocenters. The molecule has 0 radical (unpaired) electrons. The van der Waals surface area contributed by atoms with Gasteiger partial charge in [-0.15, -0.1) is 18.3 Å². The lowest BCUT2D eigenvalue weighted by molar-refractivity contribution is -0.274. The van der Waals surface area contributed by atoms with Gasteiger partial charge in [0.2, 0.25) is 5.95 Å². The fourth-order valence-corrected chi connectivity index (χ4v) is 4.08. The van der Waals surface area contributed by atoms with Gasteiger partial charge in [-0.25, -0.2) is 4.68 Å². The molecule has 2 atom stereocenters. The molecule has 0 amide bonds. The van der Waals surface area contributed by atoms with E-state index in [2.05, 4.69) is 19.7 Å². The number of aromatic nitrogens is 3. The second kappa shape index (κ2) is 7.40. The van der Waals surface area contributed by atoms with Gasteiger partial charge in [0.05, 0.1) is 6.04 Å². The van der Waals surface area contributed by atoms with Crippen molar-refractivity contribution < 1.29 is 22.6 Å². The average Bonchev–Trinajstić information content (AvgIpc) is 3.12. The van der Waals surface area contributed by atoms with E-state index in [4.69, 9.17) is 10.5 Å². The first-order valence-electron chi connectivity index (χ1n) is 9.70. The van der Waals surface area contributed by atoms with E-state index in [0.717, 1.165) is 25.9 Å². The van der Waals surface area contributed by atoms with E-state index in [1.54, 1.807) is 4.68 Å². The van der Waals surface area contributed by atoms with Crippen LogP contribution >= 0.6 is 0 Å². The Kier molecular flexibility index (Phi) is 5.05. The zero-order valence-corrected chi connectivity index (χ0v) is 16.3. The molecule has 2 aromatic rings. The number of anilines is 1. The number of halogens is 3. The maximum Gasteiger partial charge on any atom is 0.573 e. The summed E-state index contributed by atoms with van der Waals surface area (Å²) in [5, 5.41) is 4.61. The van der Waals surface area contributed by atoms with Crippen molar-refractivity contribution in [2.24, 2.45) is 17.6 Å². The number of alkyl halides is 3. The van der Waals surface area contributed by atoms with Gasteiger partial charge in [-0.05, 0) is 62.8 Å². The summed E-state index contributed by atoms with van der Waals surface area (Å²) >= 11 is 0. The molecule has 1 saturated carbocycles. The average molecular weight is 411 g/mol. The molecule has 29 heavy (non-hydrogen) atoms. The number of ether oxygens (including phenoxy) is 2. The van der Waals surface area contributed by atoms with Crippen LogP contribution in [0.15, 0.2) is 24.3 Å². The summed E-state index contributed by atoms with van der Waals surface area (Å²) in [4.78, 5) is 6.71. The van der Waals surface area contributed by atoms with Gasteiger partial charge >= 0.3 is 12.4 Å². The zero-order chi connectivity index (χ0) is 20.8. The Balaban J connectivity index is 1.52. The molecule has 2 bridgehead atoms. The highest BCUT2D eigenvalue weighted by atomic mass is 19.4. The largest absolute Gasteiger partial charge is 0.573 e. The van der Waals surface area contributed by atoms with Crippen molar-refractivity contribution in [2.75, 3.05) is 18.0 Å². The summed E-state index contributed by atoms with van der Waals surface area (Å²) in [6.07, 6.45) is -2.47. The predicted octanol–water partition coefficient (Wildman–Crippen LogP) is 3.72. The van der Waals surface area contributed by atoms with Crippen LogP contribution in [0.2, 0.25) is 0 Å². The van der Waals surface area contributed by atoms with E-state index in [-0.39, 0.29) is 17.8 Å². The number of piperidine rings is 1. The van der Waals surface area contributed by atoms with Crippen LogP contribution in [0.4, 0.5) is 19.1 Å². The van der Waals surface area contributed by atoms with Gasteiger partial charge in [0, 0.05) is 19.1 Å². The van der Waals surface area contributed by atoms with Crippen LogP contribution < -0.4 is 20.1 Å². The van der Waals surface area contributed by atoms with Crippen LogP contribution in [0.3, 0.4) is 0 Å². The molecule has 2 heterocycles. The molecule has 1 aromatic heterocycles. The van der Waals surface area contributed by atoms with Crippen LogP contribution in [-0.2, 0) is 0 Å². The lowest BCUT2D eigenvalue weighted by Crippen LogP contribution is -2.49. The van der Waals surface area contributed by atoms with Gasteiger partial charge in [-0.2, -0.15) is 4.98 Å². The minimum absolute atomic E-state index is 0.00264. The molecule has 158 valence electrons. The van der Waals surface area contributed by atoms with E-state index in [0.29, 0.717) is 29.5 Å². The molecule has 10 heteroatoms. The van der Waals surface area contributed by atoms with Crippen LogP contribution in [0, 0.1) is 11.8 Å². The Hall–Kier alpha value is -2.49. The molecule has 2 fully saturated rings. The first kappa shape index (κ1) is 19.8. The summed E-state index contributed by atoms with van der Waals surface area (Å²) < 4.78 is 48.3. The number of rotatable bonds is 5. The summed E-state index contributed by atoms with van der Waals surface area (Å²) in [5.74, 6) is 1.53. The Morgan fingerprint density at radius 3 is 2.21 bits per heavy atom. The van der Waals surface area contributed by atoms with E-state index in [1.165, 1.54) is 24.3 Å². The van der Waals surface area contributed by atoms with Crippen molar-refractivity contribution in [1.82, 2.24) is 14.8 Å². The zero-order valence-electron chi connectivity index (χ0n) is 16.3. The monoisotopic (exact) mass is 411 g/mol. The topological polar surface area (TPSA) is 78.4 Å². The summed E-state index contributed by atoms with van der Waals surface area (Å²) in [6.45, 7) is 5.56. The summed E-state index contributed by atoms with van der Waals surface area (Å²) in [6, 6.07) is 5.74. The van der Waals surface area contributed by atoms with E-state index in [9.17, 15) is 13.2 Å². The molecule has 2 aliphatic rings. The molecule has 1 aliphatic carbocycles. The molecule has 7 nitrogen and oxygen atoms in total. The quantitative estimate of drug-likeness (QED) is 0.808. The number of hydrogen-bond donors (Lipinski definition) is 1. The SMILES string of the molecule is CC(C)n1nc(N2CC3CCC(C2)C3N)nc1Oc1ccc(OC(F)(F)F)cc1. The predicted molar refractivity (Wildman–Crippen MR) is 100 cm³/mol. The number of hydrogen-bond acceptors (Lipinski definition) is 6. The van der Waals surface area contributed by atoms with Gasteiger partial charge < -0.3 is 20.1 Å². The Bertz CT molecular complexity index is 839. The van der Waals surface area contributed by atoms with Crippen LogP contribution in [0.1, 0.15) is 32.7 Å². The number of nitrogens with two attached hydrogens (primary N) is 1. The molecule has 0 spiro atoms.